The van der Waals surface area contributed by atoms with Gasteiger partial charge in [-0.3, -0.25) is 14.9 Å². The van der Waals surface area contributed by atoms with E-state index in [2.05, 4.69) is 5.32 Å². The van der Waals surface area contributed by atoms with Gasteiger partial charge in [0.05, 0.1) is 18.2 Å². The Morgan fingerprint density at radius 3 is 2.83 bits per heavy atom. The van der Waals surface area contributed by atoms with Crippen molar-refractivity contribution in [2.24, 2.45) is 0 Å². The molecule has 1 fully saturated rings. The highest BCUT2D eigenvalue weighted by Gasteiger charge is 2.33. The number of furan rings is 1. The molecular weight excluding hydrogens is 242 g/mol. The zero-order valence-electron chi connectivity index (χ0n) is 9.70. The summed E-state index contributed by atoms with van der Waals surface area (Å²) < 4.78 is 4.83. The number of β-amino-alcohol motifs (C(OH)–C–C–N with tert-alkyl or cyclic N) is 1. The summed E-state index contributed by atoms with van der Waals surface area (Å²) in [5, 5.41) is 23.1. The number of carbonyl (C=O) groups is 1. The summed E-state index contributed by atoms with van der Waals surface area (Å²) in [4.78, 5) is 23.1. The maximum absolute atomic E-state index is 12.0. The molecule has 0 radical (unpaired) electrons. The molecule has 0 aromatic carbocycles. The Kier molecular flexibility index (Phi) is 3.30. The van der Waals surface area contributed by atoms with Crippen LogP contribution in [0.3, 0.4) is 0 Å². The lowest BCUT2D eigenvalue weighted by atomic mass is 10.2. The van der Waals surface area contributed by atoms with Crippen molar-refractivity contribution in [2.75, 3.05) is 20.1 Å². The first-order valence-electron chi connectivity index (χ1n) is 5.41. The standard InChI is InChI=1S/C10H13N3O5/c1-12(6-4-11-5-7(6)14)10(15)8-2-3-9(18-8)13(16)17/h2-3,6-7,11,14H,4-5H2,1H3/t6-,7-/m1/s1. The van der Waals surface area contributed by atoms with E-state index in [0.717, 1.165) is 6.07 Å². The van der Waals surface area contributed by atoms with Crippen LogP contribution < -0.4 is 5.32 Å². The third-order valence-electron chi connectivity index (χ3n) is 2.95. The zero-order valence-corrected chi connectivity index (χ0v) is 9.70. The summed E-state index contributed by atoms with van der Waals surface area (Å²) in [6, 6.07) is 2.03. The molecule has 0 bridgehead atoms. The van der Waals surface area contributed by atoms with Crippen molar-refractivity contribution in [2.45, 2.75) is 12.1 Å². The molecule has 1 amide bonds. The van der Waals surface area contributed by atoms with E-state index in [4.69, 9.17) is 4.42 Å². The summed E-state index contributed by atoms with van der Waals surface area (Å²) in [6.07, 6.45) is -0.649. The third-order valence-corrected chi connectivity index (χ3v) is 2.95. The monoisotopic (exact) mass is 255 g/mol. The number of aliphatic hydroxyl groups is 1. The number of rotatable bonds is 3. The quantitative estimate of drug-likeness (QED) is 0.561. The van der Waals surface area contributed by atoms with Crippen molar-refractivity contribution >= 4 is 11.8 Å². The Morgan fingerprint density at radius 2 is 2.33 bits per heavy atom. The lowest BCUT2D eigenvalue weighted by Gasteiger charge is -2.25. The van der Waals surface area contributed by atoms with E-state index in [1.807, 2.05) is 0 Å². The maximum atomic E-state index is 12.0. The van der Waals surface area contributed by atoms with Gasteiger partial charge in [-0.1, -0.05) is 0 Å². The van der Waals surface area contributed by atoms with Crippen molar-refractivity contribution < 1.29 is 19.2 Å². The van der Waals surface area contributed by atoms with Gasteiger partial charge in [-0.15, -0.1) is 0 Å². The number of nitro groups is 1. The minimum absolute atomic E-state index is 0.108. The molecule has 8 nitrogen and oxygen atoms in total. The van der Waals surface area contributed by atoms with Crippen molar-refractivity contribution in [1.82, 2.24) is 10.2 Å². The Bertz CT molecular complexity index is 472. The molecule has 0 saturated carbocycles. The van der Waals surface area contributed by atoms with Gasteiger partial charge in [-0.05, 0) is 6.07 Å². The first-order valence-corrected chi connectivity index (χ1v) is 5.41. The molecule has 8 heteroatoms. The van der Waals surface area contributed by atoms with E-state index in [1.165, 1.54) is 18.0 Å². The molecule has 2 N–H and O–H groups in total. The van der Waals surface area contributed by atoms with E-state index >= 15 is 0 Å². The van der Waals surface area contributed by atoms with Crippen molar-refractivity contribution in [3.63, 3.8) is 0 Å². The van der Waals surface area contributed by atoms with Crippen LogP contribution in [0.5, 0.6) is 0 Å². The van der Waals surface area contributed by atoms with Gasteiger partial charge in [-0.2, -0.15) is 0 Å². The predicted molar refractivity (Wildman–Crippen MR) is 60.1 cm³/mol. The minimum Gasteiger partial charge on any atom is -0.395 e. The number of hydrogen-bond acceptors (Lipinski definition) is 6. The van der Waals surface area contributed by atoms with E-state index in [1.54, 1.807) is 0 Å². The van der Waals surface area contributed by atoms with Crippen molar-refractivity contribution in [1.29, 1.82) is 0 Å². The molecule has 1 aliphatic heterocycles. The fourth-order valence-corrected chi connectivity index (χ4v) is 1.91. The normalized spacial score (nSPS) is 23.0. The van der Waals surface area contributed by atoms with Gasteiger partial charge in [0.1, 0.15) is 4.92 Å². The van der Waals surface area contributed by atoms with Gasteiger partial charge in [0.25, 0.3) is 5.91 Å². The molecule has 98 valence electrons. The predicted octanol–water partition coefficient (Wildman–Crippen LogP) is -0.408. The Labute approximate surface area is 102 Å². The number of nitrogens with zero attached hydrogens (tertiary/aromatic N) is 2. The average molecular weight is 255 g/mol. The molecule has 0 unspecified atom stereocenters. The van der Waals surface area contributed by atoms with Crippen LogP contribution in [0.1, 0.15) is 10.6 Å². The summed E-state index contributed by atoms with van der Waals surface area (Å²) in [6.45, 7) is 0.896. The molecule has 0 aliphatic carbocycles. The summed E-state index contributed by atoms with van der Waals surface area (Å²) in [5.74, 6) is -1.07. The van der Waals surface area contributed by atoms with Crippen LogP contribution in [0.2, 0.25) is 0 Å². The first-order chi connectivity index (χ1) is 8.50. The van der Waals surface area contributed by atoms with E-state index in [-0.39, 0.29) is 11.8 Å². The Balaban J connectivity index is 2.12. The first kappa shape index (κ1) is 12.5. The van der Waals surface area contributed by atoms with Crippen LogP contribution in [0.15, 0.2) is 16.5 Å². The van der Waals surface area contributed by atoms with E-state index < -0.39 is 22.8 Å². The minimum atomic E-state index is -0.706. The van der Waals surface area contributed by atoms with Crippen molar-refractivity contribution in [3.05, 3.63) is 28.0 Å². The van der Waals surface area contributed by atoms with Crippen LogP contribution in [-0.4, -0.2) is 53.1 Å². The third kappa shape index (κ3) is 2.20. The number of likely N-dealkylation sites (N-methyl/N-ethyl adjacent to an activating group) is 1. The van der Waals surface area contributed by atoms with Crippen LogP contribution in [0.25, 0.3) is 0 Å². The van der Waals surface area contributed by atoms with Gasteiger partial charge in [-0.25, -0.2) is 0 Å². The highest BCUT2D eigenvalue weighted by molar-refractivity contribution is 5.91. The number of nitrogens with one attached hydrogen (secondary N) is 1. The van der Waals surface area contributed by atoms with Gasteiger partial charge in [0.15, 0.2) is 5.76 Å². The molecule has 2 heterocycles. The molecule has 1 aromatic heterocycles. The van der Waals surface area contributed by atoms with Gasteiger partial charge >= 0.3 is 5.88 Å². The summed E-state index contributed by atoms with van der Waals surface area (Å²) in [5.41, 5.74) is 0. The molecule has 2 rings (SSSR count). The summed E-state index contributed by atoms with van der Waals surface area (Å²) >= 11 is 0. The number of hydrogen-bond donors (Lipinski definition) is 2. The average Bonchev–Trinajstić information content (AvgIpc) is 2.95. The largest absolute Gasteiger partial charge is 0.433 e. The molecular formula is C10H13N3O5. The number of carbonyl (C=O) groups excluding carboxylic acids is 1. The topological polar surface area (TPSA) is 109 Å². The smallest absolute Gasteiger partial charge is 0.395 e. The van der Waals surface area contributed by atoms with Crippen LogP contribution in [-0.2, 0) is 0 Å². The van der Waals surface area contributed by atoms with E-state index in [9.17, 15) is 20.0 Å². The molecule has 18 heavy (non-hydrogen) atoms. The van der Waals surface area contributed by atoms with Crippen molar-refractivity contribution in [3.8, 4) is 0 Å². The second kappa shape index (κ2) is 4.75. The lowest BCUT2D eigenvalue weighted by Crippen LogP contribution is -2.44. The maximum Gasteiger partial charge on any atom is 0.433 e. The number of amides is 1. The second-order valence-corrected chi connectivity index (χ2v) is 4.10. The highest BCUT2D eigenvalue weighted by atomic mass is 16.6. The Hall–Kier alpha value is -1.93. The van der Waals surface area contributed by atoms with Gasteiger partial charge in [0, 0.05) is 20.1 Å². The lowest BCUT2D eigenvalue weighted by molar-refractivity contribution is -0.402. The molecule has 2 atom stereocenters. The van der Waals surface area contributed by atoms with Crippen LogP contribution in [0, 0.1) is 10.1 Å². The fourth-order valence-electron chi connectivity index (χ4n) is 1.91. The van der Waals surface area contributed by atoms with Crippen LogP contribution >= 0.6 is 0 Å². The molecule has 1 aromatic rings. The van der Waals surface area contributed by atoms with Gasteiger partial charge in [0.2, 0.25) is 0 Å². The second-order valence-electron chi connectivity index (χ2n) is 4.10. The Morgan fingerprint density at radius 1 is 1.61 bits per heavy atom. The highest BCUT2D eigenvalue weighted by Crippen LogP contribution is 2.18. The summed E-state index contributed by atoms with van der Waals surface area (Å²) in [7, 11) is 1.53. The zero-order chi connectivity index (χ0) is 13.3. The molecule has 1 saturated heterocycles. The number of aliphatic hydroxyl groups excluding tert-OH is 1. The SMILES string of the molecule is CN(C(=O)c1ccc([N+](=O)[O-])o1)[C@@H]1CNC[C@H]1O. The molecule has 1 aliphatic rings. The fraction of sp³-hybridized carbons (Fsp3) is 0.500. The van der Waals surface area contributed by atoms with Gasteiger partial charge < -0.3 is 19.7 Å². The molecule has 0 spiro atoms. The van der Waals surface area contributed by atoms with E-state index in [0.29, 0.717) is 13.1 Å². The van der Waals surface area contributed by atoms with Crippen LogP contribution in [0.4, 0.5) is 5.88 Å².